The highest BCUT2D eigenvalue weighted by Crippen LogP contribution is 2.24. The molecule has 1 heterocycles. The lowest BCUT2D eigenvalue weighted by atomic mass is 10.2. The number of hydrogen-bond acceptors (Lipinski definition) is 4. The molecule has 1 N–H and O–H groups in total. The molecule has 0 atom stereocenters. The highest BCUT2D eigenvalue weighted by molar-refractivity contribution is 6.42. The van der Waals surface area contributed by atoms with E-state index in [2.05, 4.69) is 10.3 Å². The minimum Gasteiger partial charge on any atom is -0.346 e. The van der Waals surface area contributed by atoms with E-state index in [-0.39, 0.29) is 23.8 Å². The number of rotatable bonds is 6. The molecule has 0 saturated heterocycles. The Kier molecular flexibility index (Phi) is 6.45. The molecule has 0 spiro atoms. The Labute approximate surface area is 156 Å². The second kappa shape index (κ2) is 8.36. The first kappa shape index (κ1) is 19.3. The summed E-state index contributed by atoms with van der Waals surface area (Å²) in [4.78, 5) is 30.3. The van der Waals surface area contributed by atoms with Gasteiger partial charge in [0.25, 0.3) is 5.56 Å². The molecule has 25 heavy (non-hydrogen) atoms. The summed E-state index contributed by atoms with van der Waals surface area (Å²) in [7, 11) is 1.65. The van der Waals surface area contributed by atoms with Gasteiger partial charge in [-0.05, 0) is 24.1 Å². The van der Waals surface area contributed by atoms with Gasteiger partial charge < -0.3 is 14.8 Å². The standard InChI is InChI=1S/C17H20Cl2N4O2/c1-11(2)9-23-7-6-20-16(17(23)25)22(3)10-15(24)21-12-4-5-13(18)14(19)8-12/h4-8,11H,9-10H2,1-3H3,(H,21,24). The molecule has 0 aliphatic heterocycles. The zero-order valence-corrected chi connectivity index (χ0v) is 15.8. The normalized spacial score (nSPS) is 10.8. The molecule has 1 amide bonds. The maximum Gasteiger partial charge on any atom is 0.293 e. The first-order valence-corrected chi connectivity index (χ1v) is 8.55. The van der Waals surface area contributed by atoms with Gasteiger partial charge >= 0.3 is 0 Å². The number of benzene rings is 1. The van der Waals surface area contributed by atoms with Gasteiger partial charge in [-0.1, -0.05) is 37.0 Å². The van der Waals surface area contributed by atoms with E-state index in [1.54, 1.807) is 42.2 Å². The largest absolute Gasteiger partial charge is 0.346 e. The number of carbonyl (C=O) groups is 1. The number of nitrogens with zero attached hydrogens (tertiary/aromatic N) is 3. The van der Waals surface area contributed by atoms with Gasteiger partial charge in [0, 0.05) is 31.7 Å². The van der Waals surface area contributed by atoms with Crippen molar-refractivity contribution < 1.29 is 4.79 Å². The number of halogens is 2. The summed E-state index contributed by atoms with van der Waals surface area (Å²) in [5, 5.41) is 3.49. The summed E-state index contributed by atoms with van der Waals surface area (Å²) in [5.74, 6) is 0.269. The SMILES string of the molecule is CC(C)Cn1ccnc(N(C)CC(=O)Nc2ccc(Cl)c(Cl)c2)c1=O. The smallest absolute Gasteiger partial charge is 0.293 e. The molecule has 1 aromatic heterocycles. The number of nitrogens with one attached hydrogen (secondary N) is 1. The minimum absolute atomic E-state index is 0.0197. The van der Waals surface area contributed by atoms with E-state index >= 15 is 0 Å². The van der Waals surface area contributed by atoms with Crippen LogP contribution in [0.15, 0.2) is 35.4 Å². The van der Waals surface area contributed by atoms with Crippen LogP contribution in [-0.4, -0.2) is 29.1 Å². The van der Waals surface area contributed by atoms with Crippen molar-refractivity contribution in [1.82, 2.24) is 9.55 Å². The molecule has 0 radical (unpaired) electrons. The summed E-state index contributed by atoms with van der Waals surface area (Å²) in [5.41, 5.74) is 0.312. The summed E-state index contributed by atoms with van der Waals surface area (Å²) < 4.78 is 1.60. The topological polar surface area (TPSA) is 67.2 Å². The monoisotopic (exact) mass is 382 g/mol. The van der Waals surface area contributed by atoms with Crippen LogP contribution in [0.25, 0.3) is 0 Å². The Balaban J connectivity index is 2.08. The molecule has 0 bridgehead atoms. The molecule has 0 aliphatic carbocycles. The lowest BCUT2D eigenvalue weighted by Crippen LogP contribution is -2.36. The first-order chi connectivity index (χ1) is 11.8. The molecule has 8 heteroatoms. The van der Waals surface area contributed by atoms with Crippen LogP contribution in [0.2, 0.25) is 10.0 Å². The predicted octanol–water partition coefficient (Wildman–Crippen LogP) is 3.28. The fourth-order valence-corrected chi connectivity index (χ4v) is 2.60. The number of aromatic nitrogens is 2. The van der Waals surface area contributed by atoms with Gasteiger partial charge in [-0.2, -0.15) is 0 Å². The van der Waals surface area contributed by atoms with Crippen molar-refractivity contribution in [2.75, 3.05) is 23.8 Å². The molecule has 1 aromatic carbocycles. The van der Waals surface area contributed by atoms with Crippen LogP contribution in [0, 0.1) is 5.92 Å². The van der Waals surface area contributed by atoms with Crippen LogP contribution in [0.3, 0.4) is 0 Å². The number of carbonyl (C=O) groups excluding carboxylic acids is 1. The molecular formula is C17H20Cl2N4O2. The van der Waals surface area contributed by atoms with E-state index in [1.165, 1.54) is 4.90 Å². The second-order valence-electron chi connectivity index (χ2n) is 6.14. The van der Waals surface area contributed by atoms with Gasteiger partial charge in [-0.15, -0.1) is 0 Å². The van der Waals surface area contributed by atoms with Gasteiger partial charge in [0.15, 0.2) is 5.82 Å². The van der Waals surface area contributed by atoms with E-state index in [0.29, 0.717) is 28.2 Å². The third kappa shape index (κ3) is 5.21. The zero-order chi connectivity index (χ0) is 18.6. The molecular weight excluding hydrogens is 363 g/mol. The molecule has 0 fully saturated rings. The maximum atomic E-state index is 12.5. The minimum atomic E-state index is -0.290. The van der Waals surface area contributed by atoms with Crippen molar-refractivity contribution in [1.29, 1.82) is 0 Å². The summed E-state index contributed by atoms with van der Waals surface area (Å²) in [6, 6.07) is 4.83. The molecule has 134 valence electrons. The lowest BCUT2D eigenvalue weighted by molar-refractivity contribution is -0.114. The highest BCUT2D eigenvalue weighted by Gasteiger charge is 2.14. The van der Waals surface area contributed by atoms with Crippen molar-refractivity contribution in [3.05, 3.63) is 51.0 Å². The summed E-state index contributed by atoms with van der Waals surface area (Å²) >= 11 is 11.8. The van der Waals surface area contributed by atoms with E-state index in [4.69, 9.17) is 23.2 Å². The van der Waals surface area contributed by atoms with E-state index in [9.17, 15) is 9.59 Å². The predicted molar refractivity (Wildman–Crippen MR) is 102 cm³/mol. The van der Waals surface area contributed by atoms with Gasteiger partial charge in [-0.25, -0.2) is 4.98 Å². The van der Waals surface area contributed by atoms with Crippen LogP contribution in [0.4, 0.5) is 11.5 Å². The van der Waals surface area contributed by atoms with Gasteiger partial charge in [0.1, 0.15) is 0 Å². The first-order valence-electron chi connectivity index (χ1n) is 7.79. The van der Waals surface area contributed by atoms with Gasteiger partial charge in [0.2, 0.25) is 5.91 Å². The molecule has 0 unspecified atom stereocenters. The maximum absolute atomic E-state index is 12.5. The van der Waals surface area contributed by atoms with Crippen molar-refractivity contribution in [3.8, 4) is 0 Å². The Morgan fingerprint density at radius 1 is 1.32 bits per heavy atom. The average Bonchev–Trinajstić information content (AvgIpc) is 2.52. The number of anilines is 2. The van der Waals surface area contributed by atoms with Crippen LogP contribution >= 0.6 is 23.2 Å². The van der Waals surface area contributed by atoms with Crippen molar-refractivity contribution >= 4 is 40.6 Å². The van der Waals surface area contributed by atoms with Crippen LogP contribution in [0.5, 0.6) is 0 Å². The summed E-state index contributed by atoms with van der Waals surface area (Å²) in [6.45, 7) is 4.63. The van der Waals surface area contributed by atoms with E-state index in [0.717, 1.165) is 0 Å². The Morgan fingerprint density at radius 3 is 2.68 bits per heavy atom. The van der Waals surface area contributed by atoms with Crippen molar-refractivity contribution in [2.45, 2.75) is 20.4 Å². The second-order valence-corrected chi connectivity index (χ2v) is 6.95. The third-order valence-electron chi connectivity index (χ3n) is 3.40. The molecule has 6 nitrogen and oxygen atoms in total. The number of amides is 1. The number of likely N-dealkylation sites (N-methyl/N-ethyl adjacent to an activating group) is 1. The van der Waals surface area contributed by atoms with Gasteiger partial charge in [0.05, 0.1) is 16.6 Å². The molecule has 2 rings (SSSR count). The highest BCUT2D eigenvalue weighted by atomic mass is 35.5. The number of hydrogen-bond donors (Lipinski definition) is 1. The molecule has 2 aromatic rings. The zero-order valence-electron chi connectivity index (χ0n) is 14.3. The molecule has 0 aliphatic rings. The van der Waals surface area contributed by atoms with Gasteiger partial charge in [-0.3, -0.25) is 9.59 Å². The van der Waals surface area contributed by atoms with Crippen LogP contribution < -0.4 is 15.8 Å². The quantitative estimate of drug-likeness (QED) is 0.832. The Hall–Kier alpha value is -2.05. The Morgan fingerprint density at radius 2 is 2.04 bits per heavy atom. The van der Waals surface area contributed by atoms with Crippen molar-refractivity contribution in [2.24, 2.45) is 5.92 Å². The van der Waals surface area contributed by atoms with Crippen LogP contribution in [0.1, 0.15) is 13.8 Å². The van der Waals surface area contributed by atoms with E-state index < -0.39 is 0 Å². The average molecular weight is 383 g/mol. The van der Waals surface area contributed by atoms with Crippen LogP contribution in [-0.2, 0) is 11.3 Å². The summed E-state index contributed by atoms with van der Waals surface area (Å²) in [6.07, 6.45) is 3.21. The fourth-order valence-electron chi connectivity index (χ4n) is 2.30. The van der Waals surface area contributed by atoms with Crippen molar-refractivity contribution in [3.63, 3.8) is 0 Å². The van der Waals surface area contributed by atoms with E-state index in [1.807, 2.05) is 13.8 Å². The molecule has 0 saturated carbocycles. The third-order valence-corrected chi connectivity index (χ3v) is 4.14. The Bertz CT molecular complexity index is 821. The lowest BCUT2D eigenvalue weighted by Gasteiger charge is -2.18. The fraction of sp³-hybridized carbons (Fsp3) is 0.353.